The van der Waals surface area contributed by atoms with E-state index in [1.165, 1.54) is 20.3 Å². The third kappa shape index (κ3) is 3.42. The van der Waals surface area contributed by atoms with Crippen LogP contribution in [0.5, 0.6) is 0 Å². The van der Waals surface area contributed by atoms with Gasteiger partial charge in [-0.3, -0.25) is 29.1 Å². The van der Waals surface area contributed by atoms with Gasteiger partial charge in [0.05, 0.1) is 6.04 Å². The molecule has 2 N–H and O–H groups in total. The van der Waals surface area contributed by atoms with Crippen LogP contribution in [0.15, 0.2) is 35.0 Å². The van der Waals surface area contributed by atoms with Crippen LogP contribution in [0.3, 0.4) is 0 Å². The first kappa shape index (κ1) is 24.5. The van der Waals surface area contributed by atoms with E-state index in [0.29, 0.717) is 18.7 Å². The number of benzene rings is 1. The number of carbonyl (C=O) groups is 5. The molecule has 4 heterocycles. The fraction of sp³-hybridized carbons (Fsp3) is 0.440. The van der Waals surface area contributed by atoms with Crippen LogP contribution in [0.1, 0.15) is 32.3 Å². The lowest BCUT2D eigenvalue weighted by Crippen LogP contribution is -2.70. The van der Waals surface area contributed by atoms with E-state index in [2.05, 4.69) is 15.2 Å². The van der Waals surface area contributed by atoms with Crippen molar-refractivity contribution < 1.29 is 29.1 Å². The van der Waals surface area contributed by atoms with Gasteiger partial charge in [-0.15, -0.1) is 0 Å². The predicted octanol–water partition coefficient (Wildman–Crippen LogP) is 1.87. The number of aliphatic hydroxyl groups excluding tert-OH is 1. The molecular weight excluding hydrogens is 480 g/mol. The SMILES string of the molecule is CC(C)N1C(=O)N=C(O)/C(=C\Nc2ccc3c(c2)CC2(C(=O)N(C)C(=O)N(C)C2=O)C2CCCN32)C1=O. The molecule has 4 aliphatic heterocycles. The highest BCUT2D eigenvalue weighted by Gasteiger charge is 2.63. The van der Waals surface area contributed by atoms with Crippen LogP contribution >= 0.6 is 0 Å². The average Bonchev–Trinajstić information content (AvgIpc) is 3.35. The number of nitrogens with one attached hydrogen (secondary N) is 1. The molecule has 2 fully saturated rings. The molecule has 7 amide bonds. The van der Waals surface area contributed by atoms with Crippen LogP contribution in [0.25, 0.3) is 0 Å². The van der Waals surface area contributed by atoms with E-state index in [9.17, 15) is 29.1 Å². The molecule has 12 heteroatoms. The van der Waals surface area contributed by atoms with Crippen LogP contribution in [0, 0.1) is 5.41 Å². The summed E-state index contributed by atoms with van der Waals surface area (Å²) in [7, 11) is 2.80. The molecule has 0 aromatic heterocycles. The standard InChI is InChI=1S/C25H28N6O6/c1-13(2)31-20(33)16(19(32)27-23(31)36)12-26-15-7-8-17-14(10-15)11-25(18-6-5-9-30(17)18)21(34)28(3)24(37)29(4)22(25)35/h7-8,10,12-13,18,26H,5-6,9,11H2,1-4H3,(H,27,32,36)/b16-12+. The number of carbonyl (C=O) groups excluding carboxylic acids is 5. The first-order valence-electron chi connectivity index (χ1n) is 12.1. The largest absolute Gasteiger partial charge is 0.493 e. The van der Waals surface area contributed by atoms with Gasteiger partial charge < -0.3 is 15.3 Å². The number of urea groups is 2. The van der Waals surface area contributed by atoms with Gasteiger partial charge in [0, 0.05) is 44.3 Å². The molecule has 0 aliphatic carbocycles. The lowest BCUT2D eigenvalue weighted by atomic mass is 9.68. The van der Waals surface area contributed by atoms with Crippen molar-refractivity contribution in [1.29, 1.82) is 0 Å². The van der Waals surface area contributed by atoms with Crippen LogP contribution < -0.4 is 10.2 Å². The Labute approximate surface area is 213 Å². The van der Waals surface area contributed by atoms with E-state index in [0.717, 1.165) is 32.4 Å². The van der Waals surface area contributed by atoms with Gasteiger partial charge in [-0.05, 0) is 56.9 Å². The topological polar surface area (TPSA) is 143 Å². The Balaban J connectivity index is 1.51. The molecule has 2 saturated heterocycles. The van der Waals surface area contributed by atoms with Crippen LogP contribution in [-0.2, 0) is 20.8 Å². The van der Waals surface area contributed by atoms with Crippen molar-refractivity contribution in [2.75, 3.05) is 30.9 Å². The van der Waals surface area contributed by atoms with E-state index in [-0.39, 0.29) is 18.0 Å². The van der Waals surface area contributed by atoms with Gasteiger partial charge in [-0.2, -0.15) is 4.99 Å². The summed E-state index contributed by atoms with van der Waals surface area (Å²) >= 11 is 0. The highest BCUT2D eigenvalue weighted by molar-refractivity contribution is 6.26. The fourth-order valence-electron chi connectivity index (χ4n) is 5.86. The van der Waals surface area contributed by atoms with Gasteiger partial charge in [-0.1, -0.05) is 0 Å². The van der Waals surface area contributed by atoms with Crippen molar-refractivity contribution in [2.24, 2.45) is 10.4 Å². The quantitative estimate of drug-likeness (QED) is 0.465. The maximum absolute atomic E-state index is 13.5. The number of barbiturate groups is 1. The Morgan fingerprint density at radius 3 is 2.43 bits per heavy atom. The molecule has 4 aliphatic rings. The summed E-state index contributed by atoms with van der Waals surface area (Å²) < 4.78 is 0. The number of aliphatic imine (C=N–C) groups is 1. The highest BCUT2D eigenvalue weighted by Crippen LogP contribution is 2.49. The molecule has 1 atom stereocenters. The Morgan fingerprint density at radius 2 is 1.78 bits per heavy atom. The monoisotopic (exact) mass is 508 g/mol. The van der Waals surface area contributed by atoms with Crippen LogP contribution in [0.4, 0.5) is 21.0 Å². The minimum absolute atomic E-state index is 0.122. The summed E-state index contributed by atoms with van der Waals surface area (Å²) in [6, 6.07) is 3.19. The molecule has 37 heavy (non-hydrogen) atoms. The molecule has 194 valence electrons. The van der Waals surface area contributed by atoms with Crippen molar-refractivity contribution in [3.05, 3.63) is 35.5 Å². The van der Waals surface area contributed by atoms with E-state index in [1.807, 2.05) is 6.07 Å². The van der Waals surface area contributed by atoms with E-state index in [1.54, 1.807) is 26.0 Å². The predicted molar refractivity (Wildman–Crippen MR) is 133 cm³/mol. The van der Waals surface area contributed by atoms with E-state index >= 15 is 0 Å². The minimum atomic E-state index is -1.42. The molecule has 1 aromatic rings. The Bertz CT molecular complexity index is 1290. The van der Waals surface area contributed by atoms with Gasteiger partial charge in [0.25, 0.3) is 5.91 Å². The number of amides is 7. The number of aliphatic hydroxyl groups is 1. The maximum atomic E-state index is 13.5. The molecule has 12 nitrogen and oxygen atoms in total. The average molecular weight is 509 g/mol. The highest BCUT2D eigenvalue weighted by atomic mass is 16.3. The molecule has 0 radical (unpaired) electrons. The molecule has 1 aromatic carbocycles. The summed E-state index contributed by atoms with van der Waals surface area (Å²) in [4.78, 5) is 72.9. The van der Waals surface area contributed by atoms with Crippen LogP contribution in [0.2, 0.25) is 0 Å². The van der Waals surface area contributed by atoms with Crippen molar-refractivity contribution >= 4 is 47.1 Å². The van der Waals surface area contributed by atoms with E-state index in [4.69, 9.17) is 0 Å². The van der Waals surface area contributed by atoms with Crippen molar-refractivity contribution in [1.82, 2.24) is 14.7 Å². The van der Waals surface area contributed by atoms with Gasteiger partial charge in [0.1, 0.15) is 5.57 Å². The maximum Gasteiger partial charge on any atom is 0.354 e. The summed E-state index contributed by atoms with van der Waals surface area (Å²) in [5.74, 6) is -2.36. The van der Waals surface area contributed by atoms with Gasteiger partial charge >= 0.3 is 12.1 Å². The number of anilines is 2. The van der Waals surface area contributed by atoms with Gasteiger partial charge in [0.2, 0.25) is 17.7 Å². The number of hydrogen-bond donors (Lipinski definition) is 2. The Morgan fingerprint density at radius 1 is 1.11 bits per heavy atom. The zero-order valence-corrected chi connectivity index (χ0v) is 21.0. The van der Waals surface area contributed by atoms with E-state index < -0.39 is 47.1 Å². The third-order valence-electron chi connectivity index (χ3n) is 7.62. The van der Waals surface area contributed by atoms with Crippen molar-refractivity contribution in [3.8, 4) is 0 Å². The second kappa shape index (κ2) is 8.43. The molecule has 1 spiro atoms. The number of hydrogen-bond acceptors (Lipinski definition) is 7. The summed E-state index contributed by atoms with van der Waals surface area (Å²) in [6.07, 6.45) is 2.87. The number of imide groups is 3. The van der Waals surface area contributed by atoms with Crippen molar-refractivity contribution in [3.63, 3.8) is 0 Å². The smallest absolute Gasteiger partial charge is 0.354 e. The number of nitrogens with zero attached hydrogens (tertiary/aromatic N) is 5. The molecular formula is C25H28N6O6. The Kier molecular flexibility index (Phi) is 5.57. The minimum Gasteiger partial charge on any atom is -0.493 e. The first-order chi connectivity index (χ1) is 17.5. The molecule has 0 bridgehead atoms. The second-order valence-corrected chi connectivity index (χ2v) is 10.0. The van der Waals surface area contributed by atoms with Gasteiger partial charge in [0.15, 0.2) is 5.41 Å². The zero-order valence-electron chi connectivity index (χ0n) is 21.0. The Hall–Kier alpha value is -4.22. The normalized spacial score (nSPS) is 24.4. The second-order valence-electron chi connectivity index (χ2n) is 10.0. The molecule has 5 rings (SSSR count). The molecule has 1 unspecified atom stereocenters. The number of rotatable bonds is 3. The van der Waals surface area contributed by atoms with Crippen molar-refractivity contribution in [2.45, 2.75) is 45.2 Å². The lowest BCUT2D eigenvalue weighted by Gasteiger charge is -2.50. The fourth-order valence-corrected chi connectivity index (χ4v) is 5.86. The first-order valence-corrected chi connectivity index (χ1v) is 12.1. The van der Waals surface area contributed by atoms with Gasteiger partial charge in [-0.25, -0.2) is 9.59 Å². The number of fused-ring (bicyclic) bond motifs is 4. The summed E-state index contributed by atoms with van der Waals surface area (Å²) in [5.41, 5.74) is 0.609. The lowest BCUT2D eigenvalue weighted by molar-refractivity contribution is -0.159. The summed E-state index contributed by atoms with van der Waals surface area (Å²) in [5, 5.41) is 13.1. The van der Waals surface area contributed by atoms with Crippen LogP contribution in [-0.4, -0.2) is 88.2 Å². The summed E-state index contributed by atoms with van der Waals surface area (Å²) in [6.45, 7) is 4.01. The zero-order chi connectivity index (χ0) is 26.8. The third-order valence-corrected chi connectivity index (χ3v) is 7.62. The molecule has 0 saturated carbocycles.